The average molecular weight is 314 g/mol. The molecule has 0 bridgehead atoms. The number of hydrazine groups is 1. The monoisotopic (exact) mass is 314 g/mol. The van der Waals surface area contributed by atoms with Crippen molar-refractivity contribution in [3.63, 3.8) is 0 Å². The zero-order valence-electron chi connectivity index (χ0n) is 13.2. The Bertz CT molecular complexity index is 680. The summed E-state index contributed by atoms with van der Waals surface area (Å²) in [7, 11) is 1.53. The van der Waals surface area contributed by atoms with Crippen LogP contribution in [0.4, 0.5) is 0 Å². The highest BCUT2D eigenvalue weighted by Gasteiger charge is 2.47. The highest BCUT2D eigenvalue weighted by Crippen LogP contribution is 2.35. The number of fused-ring (bicyclic) bond motifs is 1. The number of carbonyl (C=O) groups excluding carboxylic acids is 2. The summed E-state index contributed by atoms with van der Waals surface area (Å²) in [5.74, 6) is 4.96. The van der Waals surface area contributed by atoms with Gasteiger partial charge in [-0.25, -0.2) is 10.0 Å². The van der Waals surface area contributed by atoms with Gasteiger partial charge in [-0.15, -0.1) is 5.92 Å². The number of ether oxygens (including phenoxy) is 2. The first kappa shape index (κ1) is 15.4. The van der Waals surface area contributed by atoms with Gasteiger partial charge in [-0.05, 0) is 19.1 Å². The molecule has 2 heterocycles. The number of methoxy groups -OCH3 is 1. The molecule has 6 nitrogen and oxygen atoms in total. The van der Waals surface area contributed by atoms with Gasteiger partial charge < -0.3 is 9.47 Å². The van der Waals surface area contributed by atoms with E-state index in [-0.39, 0.29) is 11.8 Å². The van der Waals surface area contributed by atoms with E-state index >= 15 is 0 Å². The zero-order chi connectivity index (χ0) is 16.4. The lowest BCUT2D eigenvalue weighted by molar-refractivity contribution is -0.145. The maximum Gasteiger partial charge on any atom is 0.258 e. The molecule has 2 fully saturated rings. The van der Waals surface area contributed by atoms with E-state index in [9.17, 15) is 9.59 Å². The molecular weight excluding hydrogens is 296 g/mol. The second-order valence-corrected chi connectivity index (χ2v) is 5.30. The quantitative estimate of drug-likeness (QED) is 0.597. The maximum atomic E-state index is 12.7. The molecule has 0 spiro atoms. The molecule has 120 valence electrons. The molecule has 2 aliphatic rings. The maximum absolute atomic E-state index is 12.7. The molecule has 23 heavy (non-hydrogen) atoms. The summed E-state index contributed by atoms with van der Waals surface area (Å²) >= 11 is 0. The van der Waals surface area contributed by atoms with Crippen molar-refractivity contribution in [1.82, 2.24) is 10.0 Å². The predicted octanol–water partition coefficient (Wildman–Crippen LogP) is 0.766. The van der Waals surface area contributed by atoms with Gasteiger partial charge in [0, 0.05) is 11.1 Å². The Morgan fingerprint density at radius 3 is 2.39 bits per heavy atom. The Morgan fingerprint density at radius 2 is 1.83 bits per heavy atom. The van der Waals surface area contributed by atoms with Crippen LogP contribution in [0.1, 0.15) is 24.0 Å². The van der Waals surface area contributed by atoms with Crippen LogP contribution in [-0.4, -0.2) is 55.2 Å². The summed E-state index contributed by atoms with van der Waals surface area (Å²) in [5.41, 5.74) is 1.37. The fourth-order valence-corrected chi connectivity index (χ4v) is 2.95. The van der Waals surface area contributed by atoms with Gasteiger partial charge in [0.05, 0.1) is 33.4 Å². The molecular formula is C17H18N2O4. The van der Waals surface area contributed by atoms with Gasteiger partial charge in [0.1, 0.15) is 11.7 Å². The molecule has 2 amide bonds. The summed E-state index contributed by atoms with van der Waals surface area (Å²) in [5, 5.41) is 2.97. The van der Waals surface area contributed by atoms with E-state index in [1.54, 1.807) is 25.1 Å². The number of rotatable bonds is 2. The number of amides is 2. The molecule has 2 saturated heterocycles. The van der Waals surface area contributed by atoms with Gasteiger partial charge in [-0.2, -0.15) is 0 Å². The molecule has 0 saturated carbocycles. The van der Waals surface area contributed by atoms with Crippen LogP contribution in [0.2, 0.25) is 0 Å². The number of hydrogen-bond acceptors (Lipinski definition) is 4. The van der Waals surface area contributed by atoms with Crippen molar-refractivity contribution < 1.29 is 19.1 Å². The molecule has 0 aliphatic carbocycles. The fraction of sp³-hybridized carbons (Fsp3) is 0.412. The Morgan fingerprint density at radius 1 is 1.17 bits per heavy atom. The largest absolute Gasteiger partial charge is 0.496 e. The summed E-state index contributed by atoms with van der Waals surface area (Å²) in [4.78, 5) is 25.4. The third kappa shape index (κ3) is 2.64. The zero-order valence-corrected chi connectivity index (χ0v) is 13.2. The topological polar surface area (TPSA) is 59.1 Å². The van der Waals surface area contributed by atoms with E-state index in [1.807, 2.05) is 0 Å². The minimum Gasteiger partial charge on any atom is -0.496 e. The van der Waals surface area contributed by atoms with Crippen LogP contribution in [0.25, 0.3) is 0 Å². The summed E-state index contributed by atoms with van der Waals surface area (Å²) < 4.78 is 10.7. The van der Waals surface area contributed by atoms with E-state index in [2.05, 4.69) is 11.8 Å². The first-order valence-electron chi connectivity index (χ1n) is 7.48. The van der Waals surface area contributed by atoms with Crippen molar-refractivity contribution in [2.24, 2.45) is 0 Å². The molecule has 1 aromatic rings. The Labute approximate surface area is 134 Å². The SMILES string of the molecule is CC#Cc1ccc(C2C(=O)N3CCOCCN3C2=O)c(OC)c1. The minimum absolute atomic E-state index is 0.229. The van der Waals surface area contributed by atoms with Gasteiger partial charge in [-0.3, -0.25) is 9.59 Å². The highest BCUT2D eigenvalue weighted by atomic mass is 16.5. The van der Waals surface area contributed by atoms with E-state index in [0.29, 0.717) is 37.6 Å². The van der Waals surface area contributed by atoms with Crippen molar-refractivity contribution in [2.45, 2.75) is 12.8 Å². The first-order chi connectivity index (χ1) is 11.2. The lowest BCUT2D eigenvalue weighted by Gasteiger charge is -2.23. The lowest BCUT2D eigenvalue weighted by atomic mass is 9.96. The van der Waals surface area contributed by atoms with Crippen molar-refractivity contribution in [3.8, 4) is 17.6 Å². The molecule has 0 N–H and O–H groups in total. The van der Waals surface area contributed by atoms with Crippen LogP contribution < -0.4 is 4.74 Å². The molecule has 0 aromatic heterocycles. The molecule has 1 aromatic carbocycles. The van der Waals surface area contributed by atoms with Crippen molar-refractivity contribution >= 4 is 11.8 Å². The molecule has 6 heteroatoms. The van der Waals surface area contributed by atoms with E-state index < -0.39 is 5.92 Å². The second kappa shape index (κ2) is 6.31. The normalized spacial score (nSPS) is 18.3. The Kier molecular flexibility index (Phi) is 4.22. The lowest BCUT2D eigenvalue weighted by Crippen LogP contribution is -2.41. The van der Waals surface area contributed by atoms with Crippen molar-refractivity contribution in [1.29, 1.82) is 0 Å². The molecule has 0 atom stereocenters. The molecule has 0 unspecified atom stereocenters. The van der Waals surface area contributed by atoms with E-state index in [1.165, 1.54) is 17.1 Å². The van der Waals surface area contributed by atoms with Crippen LogP contribution in [0, 0.1) is 11.8 Å². The van der Waals surface area contributed by atoms with Crippen LogP contribution >= 0.6 is 0 Å². The highest BCUT2D eigenvalue weighted by molar-refractivity contribution is 6.10. The molecule has 0 radical (unpaired) electrons. The summed E-state index contributed by atoms with van der Waals surface area (Å²) in [6.45, 7) is 3.40. The van der Waals surface area contributed by atoms with Gasteiger partial charge in [0.2, 0.25) is 0 Å². The van der Waals surface area contributed by atoms with Gasteiger partial charge >= 0.3 is 0 Å². The summed E-state index contributed by atoms with van der Waals surface area (Å²) in [6, 6.07) is 5.31. The van der Waals surface area contributed by atoms with Gasteiger partial charge in [0.25, 0.3) is 11.8 Å². The second-order valence-electron chi connectivity index (χ2n) is 5.30. The number of nitrogens with zero attached hydrogens (tertiary/aromatic N) is 2. The fourth-order valence-electron chi connectivity index (χ4n) is 2.95. The standard InChI is InChI=1S/C17H18N2O4/c1-3-4-12-5-6-13(14(11-12)22-2)15-16(20)18-7-9-23-10-8-19(18)17(15)21/h5-6,11,15H,7-10H2,1-2H3. The third-order valence-corrected chi connectivity index (χ3v) is 4.00. The summed E-state index contributed by atoms with van der Waals surface area (Å²) in [6.07, 6.45) is 0. The number of hydrogen-bond donors (Lipinski definition) is 0. The minimum atomic E-state index is -0.855. The van der Waals surface area contributed by atoms with Crippen LogP contribution in [-0.2, 0) is 14.3 Å². The number of carbonyl (C=O) groups is 2. The van der Waals surface area contributed by atoms with Crippen molar-refractivity contribution in [2.75, 3.05) is 33.4 Å². The molecule has 2 aliphatic heterocycles. The average Bonchev–Trinajstić information content (AvgIpc) is 2.75. The Balaban J connectivity index is 1.99. The van der Waals surface area contributed by atoms with Crippen LogP contribution in [0.15, 0.2) is 18.2 Å². The predicted molar refractivity (Wildman–Crippen MR) is 82.5 cm³/mol. The molecule has 3 rings (SSSR count). The van der Waals surface area contributed by atoms with Crippen molar-refractivity contribution in [3.05, 3.63) is 29.3 Å². The van der Waals surface area contributed by atoms with Crippen LogP contribution in [0.3, 0.4) is 0 Å². The first-order valence-corrected chi connectivity index (χ1v) is 7.48. The Hall–Kier alpha value is -2.52. The third-order valence-electron chi connectivity index (χ3n) is 4.00. The van der Waals surface area contributed by atoms with Crippen LogP contribution in [0.5, 0.6) is 5.75 Å². The van der Waals surface area contributed by atoms with E-state index in [0.717, 1.165) is 5.56 Å². The van der Waals surface area contributed by atoms with Gasteiger partial charge in [-0.1, -0.05) is 12.0 Å². The smallest absolute Gasteiger partial charge is 0.258 e. The van der Waals surface area contributed by atoms with E-state index in [4.69, 9.17) is 9.47 Å². The number of benzene rings is 1. The van der Waals surface area contributed by atoms with Gasteiger partial charge in [0.15, 0.2) is 0 Å².